The standard InChI is InChI=1S/C32H45NO9/c1-18-28(41-19(2)34)25(38-4)14-27(40-18)42-21-5-10-30(17-33)23-6-9-29(3)22(20-13-26(35)39-16-20)8-12-32(29,37)24(23)7-11-31(30,36)15-21/h13,18,21-25,27-28,36-37H,5-12,14-16H2,1-4H3/t18-,21+,22-,23+,24+,25+,27-,28+,29+,30-,31-,32-/m0/s1. The van der Waals surface area contributed by atoms with Crippen molar-refractivity contribution in [2.75, 3.05) is 13.7 Å². The molecule has 0 spiro atoms. The summed E-state index contributed by atoms with van der Waals surface area (Å²) in [5.74, 6) is -0.844. The summed E-state index contributed by atoms with van der Waals surface area (Å²) in [5, 5.41) is 35.4. The lowest BCUT2D eigenvalue weighted by atomic mass is 9.41. The molecule has 0 aromatic rings. The Morgan fingerprint density at radius 2 is 1.88 bits per heavy atom. The number of fused-ring (bicyclic) bond motifs is 5. The van der Waals surface area contributed by atoms with Gasteiger partial charge in [-0.1, -0.05) is 6.92 Å². The molecule has 2 heterocycles. The van der Waals surface area contributed by atoms with Gasteiger partial charge in [0.1, 0.15) is 12.7 Å². The third kappa shape index (κ3) is 4.37. The first-order valence-electron chi connectivity index (χ1n) is 15.6. The van der Waals surface area contributed by atoms with E-state index in [1.807, 2.05) is 6.92 Å². The van der Waals surface area contributed by atoms with Crippen LogP contribution in [0.15, 0.2) is 11.6 Å². The summed E-state index contributed by atoms with van der Waals surface area (Å²) in [6.07, 6.45) is 5.16. The summed E-state index contributed by atoms with van der Waals surface area (Å²) in [6, 6.07) is 2.62. The molecule has 2 aliphatic heterocycles. The van der Waals surface area contributed by atoms with Crippen LogP contribution in [0.1, 0.15) is 85.0 Å². The van der Waals surface area contributed by atoms with Gasteiger partial charge in [0.2, 0.25) is 0 Å². The van der Waals surface area contributed by atoms with E-state index in [2.05, 4.69) is 13.0 Å². The van der Waals surface area contributed by atoms with Crippen molar-refractivity contribution < 1.29 is 43.5 Å². The van der Waals surface area contributed by atoms with Crippen LogP contribution in [0.4, 0.5) is 0 Å². The summed E-state index contributed by atoms with van der Waals surface area (Å²) in [5.41, 5.74) is -2.59. The highest BCUT2D eigenvalue weighted by molar-refractivity contribution is 5.85. The average Bonchev–Trinajstić information content (AvgIpc) is 3.48. The van der Waals surface area contributed by atoms with Gasteiger partial charge in [0.05, 0.1) is 34.9 Å². The Bertz CT molecular complexity index is 1180. The van der Waals surface area contributed by atoms with Crippen LogP contribution in [-0.2, 0) is 33.3 Å². The third-order valence-electron chi connectivity index (χ3n) is 12.3. The van der Waals surface area contributed by atoms with Gasteiger partial charge in [0, 0.05) is 38.4 Å². The van der Waals surface area contributed by atoms with E-state index in [-0.39, 0.29) is 35.9 Å². The molecule has 6 aliphatic rings. The van der Waals surface area contributed by atoms with Crippen LogP contribution in [0, 0.1) is 39.9 Å². The number of carbonyl (C=O) groups excluding carboxylic acids is 2. The van der Waals surface area contributed by atoms with Gasteiger partial charge in [-0.15, -0.1) is 0 Å². The number of rotatable bonds is 5. The van der Waals surface area contributed by atoms with E-state index in [4.69, 9.17) is 23.7 Å². The second kappa shape index (κ2) is 10.6. The zero-order valence-corrected chi connectivity index (χ0v) is 25.2. The molecule has 0 amide bonds. The smallest absolute Gasteiger partial charge is 0.331 e. The molecule has 6 rings (SSSR count). The monoisotopic (exact) mass is 587 g/mol. The first-order valence-corrected chi connectivity index (χ1v) is 15.6. The number of hydrogen-bond acceptors (Lipinski definition) is 10. The first kappa shape index (κ1) is 30.0. The summed E-state index contributed by atoms with van der Waals surface area (Å²) in [4.78, 5) is 23.4. The molecule has 10 heteroatoms. The fraction of sp³-hybridized carbons (Fsp3) is 0.844. The van der Waals surface area contributed by atoms with Gasteiger partial charge < -0.3 is 33.9 Å². The van der Waals surface area contributed by atoms with Crippen molar-refractivity contribution in [2.45, 2.75) is 127 Å². The Morgan fingerprint density at radius 1 is 1.12 bits per heavy atom. The molecule has 10 nitrogen and oxygen atoms in total. The summed E-state index contributed by atoms with van der Waals surface area (Å²) >= 11 is 0. The second-order valence-electron chi connectivity index (χ2n) is 14.0. The van der Waals surface area contributed by atoms with E-state index < -0.39 is 46.5 Å². The summed E-state index contributed by atoms with van der Waals surface area (Å²) in [6.45, 7) is 5.64. The SMILES string of the molecule is CO[C@@H]1C[C@H](O[C@@H]2CC[C@]3(C#N)[C@@H]4CC[C@]5(C)[C@H](C6=CC(=O)OC6)CC[C@]5(O)[C@@H]4CC[C@]3(O)C2)O[C@@H](C)[C@H]1OC(C)=O. The number of esters is 2. The highest BCUT2D eigenvalue weighted by Crippen LogP contribution is 2.70. The molecule has 0 radical (unpaired) electrons. The largest absolute Gasteiger partial charge is 0.458 e. The molecule has 0 aromatic heterocycles. The lowest BCUT2D eigenvalue weighted by molar-refractivity contribution is -0.288. The van der Waals surface area contributed by atoms with Crippen molar-refractivity contribution in [3.8, 4) is 6.07 Å². The fourth-order valence-electron chi connectivity index (χ4n) is 10.3. The van der Waals surface area contributed by atoms with Gasteiger partial charge in [-0.25, -0.2) is 4.79 Å². The van der Waals surface area contributed by atoms with Gasteiger partial charge in [0.15, 0.2) is 12.4 Å². The van der Waals surface area contributed by atoms with Crippen LogP contribution in [-0.4, -0.2) is 77.8 Å². The predicted octanol–water partition coefficient (Wildman–Crippen LogP) is 3.33. The molecule has 42 heavy (non-hydrogen) atoms. The van der Waals surface area contributed by atoms with Crippen LogP contribution >= 0.6 is 0 Å². The maximum Gasteiger partial charge on any atom is 0.331 e. The number of ether oxygens (including phenoxy) is 5. The molecular weight excluding hydrogens is 542 g/mol. The third-order valence-corrected chi connectivity index (χ3v) is 12.3. The van der Waals surface area contributed by atoms with Crippen LogP contribution in [0.2, 0.25) is 0 Å². The quantitative estimate of drug-likeness (QED) is 0.363. The van der Waals surface area contributed by atoms with Crippen molar-refractivity contribution in [2.24, 2.45) is 28.6 Å². The molecule has 4 saturated carbocycles. The number of aliphatic hydroxyl groups is 2. The van der Waals surface area contributed by atoms with Crippen molar-refractivity contribution >= 4 is 11.9 Å². The molecule has 0 bridgehead atoms. The zero-order chi connectivity index (χ0) is 30.1. The summed E-state index contributed by atoms with van der Waals surface area (Å²) in [7, 11) is 1.58. The summed E-state index contributed by atoms with van der Waals surface area (Å²) < 4.78 is 28.7. The van der Waals surface area contributed by atoms with Gasteiger partial charge in [0.25, 0.3) is 0 Å². The number of cyclic esters (lactones) is 1. The van der Waals surface area contributed by atoms with Crippen molar-refractivity contribution in [3.05, 3.63) is 11.6 Å². The normalized spacial score (nSPS) is 50.0. The lowest BCUT2D eigenvalue weighted by Crippen LogP contribution is -2.68. The van der Waals surface area contributed by atoms with Crippen molar-refractivity contribution in [1.29, 1.82) is 5.26 Å². The number of methoxy groups -OCH3 is 1. The van der Waals surface area contributed by atoms with Crippen molar-refractivity contribution in [3.63, 3.8) is 0 Å². The number of nitriles is 1. The van der Waals surface area contributed by atoms with Crippen LogP contribution in [0.25, 0.3) is 0 Å². The van der Waals surface area contributed by atoms with Gasteiger partial charge >= 0.3 is 11.9 Å². The fourth-order valence-corrected chi connectivity index (χ4v) is 10.3. The lowest BCUT2D eigenvalue weighted by Gasteiger charge is -2.64. The first-order chi connectivity index (χ1) is 19.9. The Labute approximate surface area is 247 Å². The minimum atomic E-state index is -1.23. The number of hydrogen-bond donors (Lipinski definition) is 2. The minimum Gasteiger partial charge on any atom is -0.458 e. The molecule has 2 N–H and O–H groups in total. The molecule has 4 aliphatic carbocycles. The van der Waals surface area contributed by atoms with Crippen molar-refractivity contribution in [1.82, 2.24) is 0 Å². The number of nitrogens with zero attached hydrogens (tertiary/aromatic N) is 1. The zero-order valence-electron chi connectivity index (χ0n) is 25.2. The molecule has 12 atom stereocenters. The van der Waals surface area contributed by atoms with Gasteiger partial charge in [-0.05, 0) is 81.6 Å². The van der Waals surface area contributed by atoms with E-state index in [1.165, 1.54) is 6.92 Å². The van der Waals surface area contributed by atoms with Crippen LogP contribution < -0.4 is 0 Å². The maximum absolute atomic E-state index is 12.4. The predicted molar refractivity (Wildman–Crippen MR) is 147 cm³/mol. The second-order valence-corrected chi connectivity index (χ2v) is 14.0. The van der Waals surface area contributed by atoms with Crippen LogP contribution in [0.5, 0.6) is 0 Å². The van der Waals surface area contributed by atoms with Crippen LogP contribution in [0.3, 0.4) is 0 Å². The van der Waals surface area contributed by atoms with E-state index in [0.717, 1.165) is 24.8 Å². The minimum absolute atomic E-state index is 0.0761. The van der Waals surface area contributed by atoms with Gasteiger partial charge in [-0.2, -0.15) is 5.26 Å². The highest BCUT2D eigenvalue weighted by Gasteiger charge is 2.72. The van der Waals surface area contributed by atoms with E-state index in [9.17, 15) is 25.1 Å². The molecule has 0 unspecified atom stereocenters. The van der Waals surface area contributed by atoms with E-state index in [1.54, 1.807) is 13.2 Å². The Kier molecular flexibility index (Phi) is 7.54. The number of carbonyl (C=O) groups is 2. The molecule has 5 fully saturated rings. The molecule has 0 aromatic carbocycles. The maximum atomic E-state index is 12.4. The topological polar surface area (TPSA) is 145 Å². The average molecular weight is 588 g/mol. The Morgan fingerprint density at radius 3 is 2.55 bits per heavy atom. The van der Waals surface area contributed by atoms with E-state index in [0.29, 0.717) is 51.6 Å². The van der Waals surface area contributed by atoms with E-state index >= 15 is 0 Å². The van der Waals surface area contributed by atoms with Gasteiger partial charge in [-0.3, -0.25) is 4.79 Å². The molecule has 1 saturated heterocycles. The Hall–Kier alpha value is -2.03. The molecule has 232 valence electrons. The Balaban J connectivity index is 1.18. The molecular formula is C32H45NO9. The highest BCUT2D eigenvalue weighted by atomic mass is 16.7.